The average Bonchev–Trinajstić information content (AvgIpc) is 2.71. The van der Waals surface area contributed by atoms with Gasteiger partial charge >= 0.3 is 0 Å². The summed E-state index contributed by atoms with van der Waals surface area (Å²) in [5.41, 5.74) is 1.88. The second-order valence-corrected chi connectivity index (χ2v) is 9.59. The highest BCUT2D eigenvalue weighted by atomic mass is 79.9. The highest BCUT2D eigenvalue weighted by molar-refractivity contribution is 9.10. The molecule has 2 rings (SSSR count). The molecule has 2 aromatic rings. The van der Waals surface area contributed by atoms with Crippen molar-refractivity contribution in [1.82, 2.24) is 10.2 Å². The van der Waals surface area contributed by atoms with Gasteiger partial charge in [-0.25, -0.2) is 0 Å². The molecule has 1 N–H and O–H groups in total. The normalized spacial score (nSPS) is 11.8. The Hall–Kier alpha value is -1.21. The highest BCUT2D eigenvalue weighted by Crippen LogP contribution is 2.25. The Morgan fingerprint density at radius 3 is 2.63 bits per heavy atom. The van der Waals surface area contributed by atoms with Gasteiger partial charge in [-0.3, -0.25) is 9.59 Å². The third kappa shape index (κ3) is 7.80. The van der Waals surface area contributed by atoms with Crippen LogP contribution in [0.3, 0.4) is 0 Å². The lowest BCUT2D eigenvalue weighted by molar-refractivity contribution is -0.138. The molecule has 4 nitrogen and oxygen atoms in total. The van der Waals surface area contributed by atoms with Crippen LogP contribution < -0.4 is 5.32 Å². The number of carbonyl (C=O) groups is 2. The zero-order chi connectivity index (χ0) is 22.1. The Morgan fingerprint density at radius 1 is 1.20 bits per heavy atom. The van der Waals surface area contributed by atoms with Gasteiger partial charge in [0.15, 0.2) is 0 Å². The van der Waals surface area contributed by atoms with E-state index in [1.54, 1.807) is 24.0 Å². The number of nitrogens with zero attached hydrogens (tertiary/aromatic N) is 1. The zero-order valence-corrected chi connectivity index (χ0v) is 20.9. The van der Waals surface area contributed by atoms with Crippen molar-refractivity contribution in [3.8, 4) is 0 Å². The van der Waals surface area contributed by atoms with E-state index in [1.807, 2.05) is 37.3 Å². The first-order valence-corrected chi connectivity index (χ1v) is 12.4. The van der Waals surface area contributed by atoms with E-state index >= 15 is 0 Å². The molecule has 30 heavy (non-hydrogen) atoms. The lowest BCUT2D eigenvalue weighted by Gasteiger charge is -2.29. The lowest BCUT2D eigenvalue weighted by atomic mass is 10.1. The molecule has 0 heterocycles. The predicted molar refractivity (Wildman–Crippen MR) is 130 cm³/mol. The Bertz CT molecular complexity index is 882. The molecule has 0 unspecified atom stereocenters. The van der Waals surface area contributed by atoms with Crippen molar-refractivity contribution in [2.75, 3.05) is 12.3 Å². The van der Waals surface area contributed by atoms with Crippen LogP contribution in [0.15, 0.2) is 46.9 Å². The van der Waals surface area contributed by atoms with Crippen LogP contribution in [0.4, 0.5) is 0 Å². The van der Waals surface area contributed by atoms with E-state index in [-0.39, 0.29) is 17.6 Å². The molecular weight excluding hydrogens is 507 g/mol. The van der Waals surface area contributed by atoms with Crippen LogP contribution in [-0.4, -0.2) is 35.1 Å². The molecule has 0 saturated carbocycles. The molecule has 0 aliphatic heterocycles. The number of hydrogen-bond donors (Lipinski definition) is 1. The van der Waals surface area contributed by atoms with Crippen LogP contribution in [0.2, 0.25) is 10.0 Å². The zero-order valence-electron chi connectivity index (χ0n) is 17.0. The molecule has 1 atom stereocenters. The minimum Gasteiger partial charge on any atom is -0.354 e. The summed E-state index contributed by atoms with van der Waals surface area (Å²) < 4.78 is 0.933. The minimum absolute atomic E-state index is 0.0933. The van der Waals surface area contributed by atoms with Gasteiger partial charge in [0.05, 0.1) is 5.75 Å². The van der Waals surface area contributed by atoms with E-state index in [9.17, 15) is 9.59 Å². The Morgan fingerprint density at radius 2 is 1.97 bits per heavy atom. The van der Waals surface area contributed by atoms with Crippen molar-refractivity contribution in [3.05, 3.63) is 68.1 Å². The SMILES string of the molecule is CCCNC(=O)[C@H](C)N(Cc1cccc(Br)c1)C(=O)CSCc1ccc(Cl)cc1Cl. The molecule has 8 heteroatoms. The maximum Gasteiger partial charge on any atom is 0.242 e. The second-order valence-electron chi connectivity index (χ2n) is 6.85. The van der Waals surface area contributed by atoms with Gasteiger partial charge < -0.3 is 10.2 Å². The fourth-order valence-corrected chi connectivity index (χ4v) is 4.70. The Balaban J connectivity index is 2.07. The molecule has 0 fully saturated rings. The number of carbonyl (C=O) groups excluding carboxylic acids is 2. The van der Waals surface area contributed by atoms with Crippen molar-refractivity contribution >= 4 is 62.7 Å². The third-order valence-electron chi connectivity index (χ3n) is 4.46. The van der Waals surface area contributed by atoms with Crippen LogP contribution in [0.25, 0.3) is 0 Å². The molecular formula is C22H25BrCl2N2O2S. The van der Waals surface area contributed by atoms with Crippen LogP contribution in [0, 0.1) is 0 Å². The van der Waals surface area contributed by atoms with Gasteiger partial charge in [0.1, 0.15) is 6.04 Å². The number of thioether (sulfide) groups is 1. The summed E-state index contributed by atoms with van der Waals surface area (Å²) in [4.78, 5) is 27.2. The summed E-state index contributed by atoms with van der Waals surface area (Å²) in [6.45, 7) is 4.71. The van der Waals surface area contributed by atoms with E-state index in [0.29, 0.717) is 28.9 Å². The van der Waals surface area contributed by atoms with Gasteiger partial charge in [-0.2, -0.15) is 0 Å². The fourth-order valence-electron chi connectivity index (χ4n) is 2.78. The van der Waals surface area contributed by atoms with Gasteiger partial charge in [0, 0.05) is 33.4 Å². The fraction of sp³-hybridized carbons (Fsp3) is 0.364. The van der Waals surface area contributed by atoms with Crippen LogP contribution in [-0.2, 0) is 21.9 Å². The maximum atomic E-state index is 13.0. The Kier molecular flexibility index (Phi) is 10.5. The van der Waals surface area contributed by atoms with Crippen molar-refractivity contribution in [2.24, 2.45) is 0 Å². The summed E-state index contributed by atoms with van der Waals surface area (Å²) in [5.74, 6) is 0.594. The third-order valence-corrected chi connectivity index (χ3v) is 6.50. The monoisotopic (exact) mass is 530 g/mol. The van der Waals surface area contributed by atoms with Gasteiger partial charge in [0.25, 0.3) is 0 Å². The highest BCUT2D eigenvalue weighted by Gasteiger charge is 2.25. The van der Waals surface area contributed by atoms with Crippen molar-refractivity contribution in [1.29, 1.82) is 0 Å². The molecule has 0 radical (unpaired) electrons. The van der Waals surface area contributed by atoms with Crippen LogP contribution in [0.1, 0.15) is 31.4 Å². The smallest absolute Gasteiger partial charge is 0.242 e. The molecule has 2 amide bonds. The molecule has 0 bridgehead atoms. The predicted octanol–water partition coefficient (Wildman–Crippen LogP) is 5.93. The van der Waals surface area contributed by atoms with E-state index in [4.69, 9.17) is 23.2 Å². The number of halogens is 3. The first-order chi connectivity index (χ1) is 14.3. The number of hydrogen-bond acceptors (Lipinski definition) is 3. The largest absolute Gasteiger partial charge is 0.354 e. The van der Waals surface area contributed by atoms with Crippen molar-refractivity contribution < 1.29 is 9.59 Å². The number of nitrogens with one attached hydrogen (secondary N) is 1. The Labute approximate surface area is 200 Å². The van der Waals surface area contributed by atoms with E-state index in [0.717, 1.165) is 22.0 Å². The van der Waals surface area contributed by atoms with Crippen LogP contribution >= 0.6 is 50.9 Å². The summed E-state index contributed by atoms with van der Waals surface area (Å²) in [5, 5.41) is 4.04. The number of amides is 2. The molecule has 0 aliphatic carbocycles. The molecule has 0 aromatic heterocycles. The summed E-state index contributed by atoms with van der Waals surface area (Å²) >= 11 is 17.1. The van der Waals surface area contributed by atoms with Gasteiger partial charge in [0.2, 0.25) is 11.8 Å². The minimum atomic E-state index is -0.567. The second kappa shape index (κ2) is 12.6. The number of rotatable bonds is 10. The molecule has 162 valence electrons. The first kappa shape index (κ1) is 25.1. The van der Waals surface area contributed by atoms with E-state index in [2.05, 4.69) is 21.2 Å². The lowest BCUT2D eigenvalue weighted by Crippen LogP contribution is -2.48. The molecule has 2 aromatic carbocycles. The van der Waals surface area contributed by atoms with E-state index in [1.165, 1.54) is 11.8 Å². The average molecular weight is 532 g/mol. The van der Waals surface area contributed by atoms with Crippen molar-refractivity contribution in [2.45, 2.75) is 38.6 Å². The van der Waals surface area contributed by atoms with Crippen molar-refractivity contribution in [3.63, 3.8) is 0 Å². The van der Waals surface area contributed by atoms with E-state index < -0.39 is 6.04 Å². The number of benzene rings is 2. The molecule has 0 aliphatic rings. The van der Waals surface area contributed by atoms with Gasteiger partial charge in [-0.05, 0) is 48.7 Å². The van der Waals surface area contributed by atoms with Crippen LogP contribution in [0.5, 0.6) is 0 Å². The van der Waals surface area contributed by atoms with Gasteiger partial charge in [-0.15, -0.1) is 11.8 Å². The standard InChI is InChI=1S/C22H25BrCl2N2O2S/c1-3-9-26-22(29)15(2)27(12-16-5-4-6-18(23)10-16)21(28)14-30-13-17-7-8-19(24)11-20(17)25/h4-8,10-11,15H,3,9,12-14H2,1-2H3,(H,26,29)/t15-/m0/s1. The summed E-state index contributed by atoms with van der Waals surface area (Å²) in [7, 11) is 0. The first-order valence-electron chi connectivity index (χ1n) is 9.65. The maximum absolute atomic E-state index is 13.0. The topological polar surface area (TPSA) is 49.4 Å². The van der Waals surface area contributed by atoms with Gasteiger partial charge in [-0.1, -0.05) is 64.3 Å². The quantitative estimate of drug-likeness (QED) is 0.413. The molecule has 0 spiro atoms. The summed E-state index contributed by atoms with van der Waals surface area (Å²) in [6.07, 6.45) is 0.843. The molecule has 0 saturated heterocycles. The summed E-state index contributed by atoms with van der Waals surface area (Å²) in [6, 6.07) is 12.5.